The molecule has 88 valence electrons. The molecule has 0 spiro atoms. The van der Waals surface area contributed by atoms with Crippen molar-refractivity contribution in [2.45, 2.75) is 32.1 Å². The molecule has 0 saturated heterocycles. The summed E-state index contributed by atoms with van der Waals surface area (Å²) >= 11 is 6.12. The van der Waals surface area contributed by atoms with Gasteiger partial charge in [0, 0.05) is 24.1 Å². The molecule has 1 unspecified atom stereocenters. The largest absolute Gasteiger partial charge is 0.290 e. The Morgan fingerprint density at radius 3 is 2.81 bits per heavy atom. The van der Waals surface area contributed by atoms with Crippen molar-refractivity contribution in [1.82, 2.24) is 4.98 Å². The maximum absolute atomic E-state index is 10.7. The minimum absolute atomic E-state index is 0.0527. The second kappa shape index (κ2) is 5.80. The van der Waals surface area contributed by atoms with Crippen molar-refractivity contribution in [3.8, 4) is 0 Å². The second-order valence-corrected chi connectivity index (χ2v) is 4.77. The predicted molar refractivity (Wildman–Crippen MR) is 63.7 cm³/mol. The highest BCUT2D eigenvalue weighted by molar-refractivity contribution is 6.20. The molecule has 1 aromatic rings. The first-order chi connectivity index (χ1) is 7.50. The van der Waals surface area contributed by atoms with Crippen LogP contribution in [-0.4, -0.2) is 15.3 Å². The summed E-state index contributed by atoms with van der Waals surface area (Å²) in [5.74, 6) is 0.477. The molecule has 0 aromatic carbocycles. The van der Waals surface area contributed by atoms with Crippen LogP contribution in [-0.2, 0) is 6.42 Å². The van der Waals surface area contributed by atoms with E-state index < -0.39 is 4.92 Å². The average Bonchev–Trinajstić information content (AvgIpc) is 2.16. The summed E-state index contributed by atoms with van der Waals surface area (Å²) in [6, 6.07) is 3.02. The SMILES string of the molecule is CC(C)CC(Cl)Cc1ncccc1[N+](=O)[O-]. The topological polar surface area (TPSA) is 56.0 Å². The molecule has 0 bridgehead atoms. The van der Waals surface area contributed by atoms with Gasteiger partial charge in [-0.2, -0.15) is 0 Å². The van der Waals surface area contributed by atoms with Gasteiger partial charge in [0.1, 0.15) is 5.69 Å². The lowest BCUT2D eigenvalue weighted by Crippen LogP contribution is -2.10. The zero-order chi connectivity index (χ0) is 12.1. The van der Waals surface area contributed by atoms with Crippen molar-refractivity contribution in [3.63, 3.8) is 0 Å². The summed E-state index contributed by atoms with van der Waals surface area (Å²) in [7, 11) is 0. The van der Waals surface area contributed by atoms with Gasteiger partial charge in [0.15, 0.2) is 0 Å². The summed E-state index contributed by atoms with van der Waals surface area (Å²) in [4.78, 5) is 14.4. The molecule has 1 heterocycles. The third-order valence-electron chi connectivity index (χ3n) is 2.20. The molecule has 16 heavy (non-hydrogen) atoms. The van der Waals surface area contributed by atoms with Crippen molar-refractivity contribution in [1.29, 1.82) is 0 Å². The Kier molecular flexibility index (Phi) is 4.68. The van der Waals surface area contributed by atoms with Crippen molar-refractivity contribution >= 4 is 17.3 Å². The summed E-state index contributed by atoms with van der Waals surface area (Å²) in [6.45, 7) is 4.14. The fourth-order valence-electron chi connectivity index (χ4n) is 1.56. The molecule has 0 N–H and O–H groups in total. The first-order valence-corrected chi connectivity index (χ1v) is 5.66. The van der Waals surface area contributed by atoms with Crippen LogP contribution in [0.2, 0.25) is 0 Å². The van der Waals surface area contributed by atoms with Gasteiger partial charge in [0.2, 0.25) is 0 Å². The third-order valence-corrected chi connectivity index (χ3v) is 2.54. The zero-order valence-electron chi connectivity index (χ0n) is 9.39. The number of hydrogen-bond donors (Lipinski definition) is 0. The minimum atomic E-state index is -0.415. The highest BCUT2D eigenvalue weighted by atomic mass is 35.5. The first-order valence-electron chi connectivity index (χ1n) is 5.23. The minimum Gasteiger partial charge on any atom is -0.258 e. The van der Waals surface area contributed by atoms with Gasteiger partial charge in [-0.25, -0.2) is 0 Å². The number of aromatic nitrogens is 1. The van der Waals surface area contributed by atoms with Gasteiger partial charge in [-0.15, -0.1) is 11.6 Å². The first kappa shape index (κ1) is 12.9. The van der Waals surface area contributed by atoms with Crippen LogP contribution in [0, 0.1) is 16.0 Å². The number of nitro groups is 1. The van der Waals surface area contributed by atoms with Crippen molar-refractivity contribution in [2.24, 2.45) is 5.92 Å². The molecule has 0 aliphatic rings. The van der Waals surface area contributed by atoms with Crippen LogP contribution in [0.25, 0.3) is 0 Å². The van der Waals surface area contributed by atoms with E-state index in [-0.39, 0.29) is 11.1 Å². The Morgan fingerprint density at radius 1 is 1.56 bits per heavy atom. The number of nitrogens with zero attached hydrogens (tertiary/aromatic N) is 2. The Balaban J connectivity index is 2.76. The standard InChI is InChI=1S/C11H15ClN2O2/c1-8(2)6-9(12)7-10-11(14(15)16)4-3-5-13-10/h3-5,8-9H,6-7H2,1-2H3. The molecule has 0 saturated carbocycles. The van der Waals surface area contributed by atoms with E-state index in [0.717, 1.165) is 6.42 Å². The average molecular weight is 243 g/mol. The number of pyridine rings is 1. The third kappa shape index (κ3) is 3.77. The zero-order valence-corrected chi connectivity index (χ0v) is 10.1. The Bertz CT molecular complexity index is 369. The van der Waals surface area contributed by atoms with Gasteiger partial charge >= 0.3 is 0 Å². The fourth-order valence-corrected chi connectivity index (χ4v) is 2.06. The molecule has 0 fully saturated rings. The van der Waals surface area contributed by atoms with E-state index >= 15 is 0 Å². The van der Waals surface area contributed by atoms with E-state index in [4.69, 9.17) is 11.6 Å². The van der Waals surface area contributed by atoms with Gasteiger partial charge in [-0.3, -0.25) is 15.1 Å². The number of rotatable bonds is 5. The molecule has 0 radical (unpaired) electrons. The smallest absolute Gasteiger partial charge is 0.258 e. The molecular formula is C11H15ClN2O2. The number of alkyl halides is 1. The summed E-state index contributed by atoms with van der Waals surface area (Å²) in [5.41, 5.74) is 0.519. The van der Waals surface area contributed by atoms with E-state index in [2.05, 4.69) is 18.8 Å². The second-order valence-electron chi connectivity index (χ2n) is 4.16. The molecule has 1 aromatic heterocycles. The lowest BCUT2D eigenvalue weighted by molar-refractivity contribution is -0.385. The summed E-state index contributed by atoms with van der Waals surface area (Å²) < 4.78 is 0. The van der Waals surface area contributed by atoms with E-state index in [1.807, 2.05) is 0 Å². The molecule has 0 amide bonds. The Hall–Kier alpha value is -1.16. The van der Waals surface area contributed by atoms with Gasteiger partial charge in [0.05, 0.1) is 4.92 Å². The quantitative estimate of drug-likeness (QED) is 0.453. The van der Waals surface area contributed by atoms with Gasteiger partial charge < -0.3 is 0 Å². The van der Waals surface area contributed by atoms with E-state index in [1.165, 1.54) is 6.07 Å². The number of hydrogen-bond acceptors (Lipinski definition) is 3. The molecule has 1 rings (SSSR count). The lowest BCUT2D eigenvalue weighted by Gasteiger charge is -2.11. The van der Waals surface area contributed by atoms with E-state index in [0.29, 0.717) is 18.0 Å². The predicted octanol–water partition coefficient (Wildman–Crippen LogP) is 3.19. The summed E-state index contributed by atoms with van der Waals surface area (Å²) in [5, 5.41) is 10.6. The van der Waals surface area contributed by atoms with Crippen LogP contribution in [0.1, 0.15) is 26.0 Å². The van der Waals surface area contributed by atoms with Crippen LogP contribution < -0.4 is 0 Å². The maximum Gasteiger partial charge on any atom is 0.290 e. The maximum atomic E-state index is 10.7. The number of halogens is 1. The van der Waals surface area contributed by atoms with Crippen LogP contribution in [0.15, 0.2) is 18.3 Å². The Morgan fingerprint density at radius 2 is 2.25 bits per heavy atom. The molecule has 0 aliphatic heterocycles. The van der Waals surface area contributed by atoms with Gasteiger partial charge in [-0.05, 0) is 18.4 Å². The highest BCUT2D eigenvalue weighted by Crippen LogP contribution is 2.21. The van der Waals surface area contributed by atoms with Gasteiger partial charge in [0.25, 0.3) is 5.69 Å². The van der Waals surface area contributed by atoms with E-state index in [9.17, 15) is 10.1 Å². The van der Waals surface area contributed by atoms with Crippen LogP contribution in [0.5, 0.6) is 0 Å². The lowest BCUT2D eigenvalue weighted by atomic mass is 10.0. The Labute approximate surface area is 99.8 Å². The molecule has 4 nitrogen and oxygen atoms in total. The summed E-state index contributed by atoms with van der Waals surface area (Å²) in [6.07, 6.45) is 2.83. The monoisotopic (exact) mass is 242 g/mol. The van der Waals surface area contributed by atoms with Crippen LogP contribution >= 0.6 is 11.6 Å². The van der Waals surface area contributed by atoms with Crippen molar-refractivity contribution in [2.75, 3.05) is 0 Å². The van der Waals surface area contributed by atoms with Crippen molar-refractivity contribution < 1.29 is 4.92 Å². The molecule has 0 aliphatic carbocycles. The highest BCUT2D eigenvalue weighted by Gasteiger charge is 2.18. The van der Waals surface area contributed by atoms with Crippen LogP contribution in [0.3, 0.4) is 0 Å². The van der Waals surface area contributed by atoms with Crippen molar-refractivity contribution in [3.05, 3.63) is 34.1 Å². The molecular weight excluding hydrogens is 228 g/mol. The van der Waals surface area contributed by atoms with E-state index in [1.54, 1.807) is 12.3 Å². The van der Waals surface area contributed by atoms with Crippen LogP contribution in [0.4, 0.5) is 5.69 Å². The van der Waals surface area contributed by atoms with Gasteiger partial charge in [-0.1, -0.05) is 13.8 Å². The molecule has 5 heteroatoms. The fraction of sp³-hybridized carbons (Fsp3) is 0.545. The normalized spacial score (nSPS) is 12.8. The molecule has 1 atom stereocenters.